The van der Waals surface area contributed by atoms with E-state index in [2.05, 4.69) is 5.32 Å². The molecule has 1 aliphatic rings. The second kappa shape index (κ2) is 13.2. The van der Waals surface area contributed by atoms with E-state index in [1.807, 2.05) is 30.3 Å². The number of nitrogens with one attached hydrogen (secondary N) is 1. The first kappa shape index (κ1) is 28.7. The zero-order valence-corrected chi connectivity index (χ0v) is 23.6. The molecule has 1 fully saturated rings. The van der Waals surface area contributed by atoms with E-state index >= 15 is 0 Å². The average molecular weight is 562 g/mol. The van der Waals surface area contributed by atoms with Crippen LogP contribution in [0.5, 0.6) is 17.2 Å². The van der Waals surface area contributed by atoms with Crippen molar-refractivity contribution in [3.8, 4) is 17.2 Å². The van der Waals surface area contributed by atoms with Crippen molar-refractivity contribution in [2.75, 3.05) is 33.2 Å². The van der Waals surface area contributed by atoms with Gasteiger partial charge in [0.05, 0.1) is 27.0 Å². The van der Waals surface area contributed by atoms with Gasteiger partial charge in [0.2, 0.25) is 11.8 Å². The molecule has 3 aromatic carbocycles. The number of amidine groups is 1. The van der Waals surface area contributed by atoms with Crippen LogP contribution in [-0.2, 0) is 16.0 Å². The van der Waals surface area contributed by atoms with Crippen LogP contribution < -0.4 is 19.5 Å². The standard InChI is InChI=1S/C30H31N3O6S/c1-19(34)21-6-8-22(9-7-21)31-28(35)18-27-29(36)33(16-15-20-5-14-25(38-3)26(17-20)39-4)30(40-27)32-23-10-12-24(37-2)13-11-23/h5-14,17,27H,15-16,18H2,1-4H3,(H,31,35)/t27-/m1/s1. The fourth-order valence-corrected chi connectivity index (χ4v) is 5.33. The summed E-state index contributed by atoms with van der Waals surface area (Å²) in [6.45, 7) is 1.86. The van der Waals surface area contributed by atoms with Gasteiger partial charge in [-0.05, 0) is 79.6 Å². The molecule has 0 saturated carbocycles. The molecule has 1 saturated heterocycles. The second-order valence-corrected chi connectivity index (χ2v) is 10.2. The third-order valence-electron chi connectivity index (χ3n) is 6.34. The minimum Gasteiger partial charge on any atom is -0.497 e. The lowest BCUT2D eigenvalue weighted by atomic mass is 10.1. The van der Waals surface area contributed by atoms with Crippen molar-refractivity contribution in [1.82, 2.24) is 4.90 Å². The molecule has 0 spiro atoms. The summed E-state index contributed by atoms with van der Waals surface area (Å²) in [5.41, 5.74) is 2.75. The summed E-state index contributed by atoms with van der Waals surface area (Å²) >= 11 is 1.27. The molecule has 0 aliphatic carbocycles. The van der Waals surface area contributed by atoms with Gasteiger partial charge in [0.25, 0.3) is 0 Å². The first-order valence-corrected chi connectivity index (χ1v) is 13.5. The Morgan fingerprint density at radius 1 is 0.925 bits per heavy atom. The highest BCUT2D eigenvalue weighted by Crippen LogP contribution is 2.33. The number of hydrogen-bond donors (Lipinski definition) is 1. The first-order valence-electron chi connectivity index (χ1n) is 12.6. The van der Waals surface area contributed by atoms with Crippen LogP contribution in [0.1, 0.15) is 29.3 Å². The fourth-order valence-electron chi connectivity index (χ4n) is 4.14. The number of amides is 2. The Balaban J connectivity index is 1.51. The van der Waals surface area contributed by atoms with Crippen molar-refractivity contribution < 1.29 is 28.6 Å². The van der Waals surface area contributed by atoms with Crippen molar-refractivity contribution in [3.05, 3.63) is 77.9 Å². The normalized spacial score (nSPS) is 15.7. The topological polar surface area (TPSA) is 107 Å². The van der Waals surface area contributed by atoms with E-state index in [9.17, 15) is 14.4 Å². The Labute approximate surface area is 237 Å². The molecule has 208 valence electrons. The molecule has 1 heterocycles. The lowest BCUT2D eigenvalue weighted by Crippen LogP contribution is -2.35. The largest absolute Gasteiger partial charge is 0.497 e. The number of carbonyl (C=O) groups excluding carboxylic acids is 3. The maximum absolute atomic E-state index is 13.5. The van der Waals surface area contributed by atoms with Gasteiger partial charge in [-0.3, -0.25) is 19.3 Å². The van der Waals surface area contributed by atoms with Crippen molar-refractivity contribution in [2.45, 2.75) is 25.0 Å². The number of anilines is 1. The van der Waals surface area contributed by atoms with E-state index < -0.39 is 5.25 Å². The molecule has 0 bridgehead atoms. The van der Waals surface area contributed by atoms with E-state index in [1.54, 1.807) is 62.6 Å². The predicted molar refractivity (Wildman–Crippen MR) is 156 cm³/mol. The Kier molecular flexibility index (Phi) is 9.44. The highest BCUT2D eigenvalue weighted by Gasteiger charge is 2.39. The smallest absolute Gasteiger partial charge is 0.242 e. The van der Waals surface area contributed by atoms with Gasteiger partial charge in [-0.1, -0.05) is 17.8 Å². The minimum absolute atomic E-state index is 0.0214. The molecule has 0 radical (unpaired) electrons. The number of hydrogen-bond acceptors (Lipinski definition) is 8. The van der Waals surface area contributed by atoms with Gasteiger partial charge in [0.15, 0.2) is 22.4 Å². The Hall–Kier alpha value is -4.31. The van der Waals surface area contributed by atoms with E-state index in [0.717, 1.165) is 5.56 Å². The van der Waals surface area contributed by atoms with Crippen LogP contribution in [-0.4, -0.2) is 60.8 Å². The number of rotatable bonds is 11. The van der Waals surface area contributed by atoms with Crippen LogP contribution >= 0.6 is 11.8 Å². The molecule has 1 aliphatic heterocycles. The van der Waals surface area contributed by atoms with Crippen molar-refractivity contribution in [2.24, 2.45) is 4.99 Å². The van der Waals surface area contributed by atoms with Gasteiger partial charge in [0, 0.05) is 24.2 Å². The van der Waals surface area contributed by atoms with E-state index in [-0.39, 0.29) is 24.0 Å². The zero-order valence-electron chi connectivity index (χ0n) is 22.8. The Morgan fingerprint density at radius 2 is 1.62 bits per heavy atom. The second-order valence-electron chi connectivity index (χ2n) is 9.01. The Bertz CT molecular complexity index is 1410. The number of nitrogens with zero attached hydrogens (tertiary/aromatic N) is 2. The van der Waals surface area contributed by atoms with Crippen LogP contribution in [0, 0.1) is 0 Å². The lowest BCUT2D eigenvalue weighted by Gasteiger charge is -2.17. The number of carbonyl (C=O) groups is 3. The summed E-state index contributed by atoms with van der Waals surface area (Å²) in [4.78, 5) is 44.2. The van der Waals surface area contributed by atoms with Crippen molar-refractivity contribution in [3.63, 3.8) is 0 Å². The quantitative estimate of drug-likeness (QED) is 0.324. The highest BCUT2D eigenvalue weighted by atomic mass is 32.2. The van der Waals surface area contributed by atoms with Crippen molar-refractivity contribution >= 4 is 45.9 Å². The van der Waals surface area contributed by atoms with Crippen LogP contribution in [0.3, 0.4) is 0 Å². The van der Waals surface area contributed by atoms with Crippen LogP contribution in [0.25, 0.3) is 0 Å². The molecule has 3 aromatic rings. The number of ether oxygens (including phenoxy) is 3. The monoisotopic (exact) mass is 561 g/mol. The third kappa shape index (κ3) is 7.01. The number of aliphatic imine (C=N–C) groups is 1. The molecule has 9 nitrogen and oxygen atoms in total. The molecule has 1 atom stereocenters. The molecule has 2 amide bonds. The number of benzene rings is 3. The number of Topliss-reactive ketones (excluding diaryl/α,β-unsaturated/α-hetero) is 1. The summed E-state index contributed by atoms with van der Waals surface area (Å²) in [5.74, 6) is 1.41. The fraction of sp³-hybridized carbons (Fsp3) is 0.267. The number of methoxy groups -OCH3 is 3. The maximum Gasteiger partial charge on any atom is 0.242 e. The van der Waals surface area contributed by atoms with Crippen molar-refractivity contribution in [1.29, 1.82) is 0 Å². The van der Waals surface area contributed by atoms with Gasteiger partial charge in [-0.15, -0.1) is 0 Å². The lowest BCUT2D eigenvalue weighted by molar-refractivity contribution is -0.128. The van der Waals surface area contributed by atoms with E-state index in [1.165, 1.54) is 18.7 Å². The van der Waals surface area contributed by atoms with Crippen LogP contribution in [0.2, 0.25) is 0 Å². The summed E-state index contributed by atoms with van der Waals surface area (Å²) in [5, 5.41) is 2.72. The van der Waals surface area contributed by atoms with E-state index in [0.29, 0.717) is 52.3 Å². The predicted octanol–water partition coefficient (Wildman–Crippen LogP) is 5.12. The highest BCUT2D eigenvalue weighted by molar-refractivity contribution is 8.15. The molecule has 10 heteroatoms. The maximum atomic E-state index is 13.5. The van der Waals surface area contributed by atoms with Crippen LogP contribution in [0.15, 0.2) is 71.7 Å². The van der Waals surface area contributed by atoms with Gasteiger partial charge in [0.1, 0.15) is 11.0 Å². The zero-order chi connectivity index (χ0) is 28.6. The summed E-state index contributed by atoms with van der Waals surface area (Å²) < 4.78 is 16.0. The van der Waals surface area contributed by atoms with Gasteiger partial charge >= 0.3 is 0 Å². The molecular formula is C30H31N3O6S. The molecule has 1 N–H and O–H groups in total. The van der Waals surface area contributed by atoms with Gasteiger partial charge in [-0.25, -0.2) is 4.99 Å². The van der Waals surface area contributed by atoms with E-state index in [4.69, 9.17) is 19.2 Å². The molecular weight excluding hydrogens is 530 g/mol. The average Bonchev–Trinajstić information content (AvgIpc) is 3.25. The molecule has 0 unspecified atom stereocenters. The minimum atomic E-state index is -0.626. The molecule has 4 rings (SSSR count). The summed E-state index contributed by atoms with van der Waals surface area (Å²) in [6, 6.07) is 19.5. The number of thioether (sulfide) groups is 1. The molecule has 0 aromatic heterocycles. The summed E-state index contributed by atoms with van der Waals surface area (Å²) in [7, 11) is 4.75. The first-order chi connectivity index (χ1) is 19.3. The Morgan fingerprint density at radius 3 is 2.25 bits per heavy atom. The summed E-state index contributed by atoms with van der Waals surface area (Å²) in [6.07, 6.45) is 0.530. The number of ketones is 1. The third-order valence-corrected chi connectivity index (χ3v) is 7.51. The van der Waals surface area contributed by atoms with Gasteiger partial charge < -0.3 is 19.5 Å². The van der Waals surface area contributed by atoms with Gasteiger partial charge in [-0.2, -0.15) is 0 Å². The van der Waals surface area contributed by atoms with Crippen LogP contribution in [0.4, 0.5) is 11.4 Å². The molecule has 40 heavy (non-hydrogen) atoms. The SMILES string of the molecule is COc1ccc(N=C2S[C@H](CC(=O)Nc3ccc(C(C)=O)cc3)C(=O)N2CCc2ccc(OC)c(OC)c2)cc1.